The van der Waals surface area contributed by atoms with Crippen LogP contribution in [-0.2, 0) is 9.59 Å². The number of amidine groups is 1. The van der Waals surface area contributed by atoms with Crippen molar-refractivity contribution in [3.8, 4) is 11.5 Å². The number of aryl methyl sites for hydroxylation is 1. The Bertz CT molecular complexity index is 876. The smallest absolute Gasteiger partial charge is 0.305 e. The van der Waals surface area contributed by atoms with Gasteiger partial charge in [0.1, 0.15) is 5.25 Å². The standard InChI is InChI=1S/C15H13N5O4S/c1-8-17-14(24-20-8)10-5-3-2-4-9(10)7-16-19-15-18-13(23)11(25-15)6-12(21)22/h2-5,7,11H,6H2,1H3,(H,21,22)(H,18,19,23). The van der Waals surface area contributed by atoms with Crippen LogP contribution in [0.25, 0.3) is 11.5 Å². The number of carboxylic acid groups (broad SMARTS) is 1. The lowest BCUT2D eigenvalue weighted by Gasteiger charge is -1.99. The molecule has 2 aromatic rings. The van der Waals surface area contributed by atoms with Crippen LogP contribution in [0.4, 0.5) is 0 Å². The Morgan fingerprint density at radius 2 is 2.28 bits per heavy atom. The van der Waals surface area contributed by atoms with Crippen molar-refractivity contribution >= 4 is 35.0 Å². The third-order valence-corrected chi connectivity index (χ3v) is 4.27. The Morgan fingerprint density at radius 1 is 1.48 bits per heavy atom. The van der Waals surface area contributed by atoms with Gasteiger partial charge in [-0.25, -0.2) is 0 Å². The van der Waals surface area contributed by atoms with Crippen molar-refractivity contribution < 1.29 is 19.2 Å². The highest BCUT2D eigenvalue weighted by atomic mass is 32.2. The second kappa shape index (κ2) is 7.26. The summed E-state index contributed by atoms with van der Waals surface area (Å²) in [5.74, 6) is -0.530. The van der Waals surface area contributed by atoms with Gasteiger partial charge in [-0.2, -0.15) is 10.1 Å². The number of aromatic nitrogens is 2. The maximum absolute atomic E-state index is 11.6. The second-order valence-electron chi connectivity index (χ2n) is 5.08. The van der Waals surface area contributed by atoms with E-state index in [9.17, 15) is 9.59 Å². The number of carboxylic acids is 1. The summed E-state index contributed by atoms with van der Waals surface area (Å²) in [6, 6.07) is 7.29. The molecule has 25 heavy (non-hydrogen) atoms. The van der Waals surface area contributed by atoms with E-state index in [1.807, 2.05) is 24.3 Å². The summed E-state index contributed by atoms with van der Waals surface area (Å²) < 4.78 is 5.16. The SMILES string of the molecule is Cc1noc(-c2ccccc2C=NN=C2NC(=O)C(CC(=O)O)S2)n1. The Kier molecular flexibility index (Phi) is 4.89. The Hall–Kier alpha value is -3.01. The van der Waals surface area contributed by atoms with E-state index in [0.29, 0.717) is 22.8 Å². The summed E-state index contributed by atoms with van der Waals surface area (Å²) in [6.45, 7) is 1.73. The van der Waals surface area contributed by atoms with Crippen molar-refractivity contribution in [2.24, 2.45) is 10.2 Å². The minimum Gasteiger partial charge on any atom is -0.481 e. The van der Waals surface area contributed by atoms with Gasteiger partial charge < -0.3 is 14.9 Å². The molecular formula is C15H13N5O4S. The van der Waals surface area contributed by atoms with E-state index in [1.165, 1.54) is 6.21 Å². The van der Waals surface area contributed by atoms with Gasteiger partial charge in [-0.15, -0.1) is 5.10 Å². The fourth-order valence-corrected chi connectivity index (χ4v) is 3.01. The molecule has 0 radical (unpaired) electrons. The number of nitrogens with one attached hydrogen (secondary N) is 1. The number of amides is 1. The zero-order valence-corrected chi connectivity index (χ0v) is 13.9. The summed E-state index contributed by atoms with van der Waals surface area (Å²) in [7, 11) is 0. The van der Waals surface area contributed by atoms with Crippen LogP contribution >= 0.6 is 11.8 Å². The lowest BCUT2D eigenvalue weighted by Crippen LogP contribution is -2.26. The van der Waals surface area contributed by atoms with E-state index in [-0.39, 0.29) is 17.5 Å². The van der Waals surface area contributed by atoms with Gasteiger partial charge in [0.2, 0.25) is 5.91 Å². The number of nitrogens with zero attached hydrogens (tertiary/aromatic N) is 4. The van der Waals surface area contributed by atoms with Gasteiger partial charge in [-0.3, -0.25) is 9.59 Å². The van der Waals surface area contributed by atoms with E-state index in [1.54, 1.807) is 6.92 Å². The number of hydrogen-bond acceptors (Lipinski definition) is 8. The third-order valence-electron chi connectivity index (χ3n) is 3.20. The molecule has 128 valence electrons. The van der Waals surface area contributed by atoms with E-state index in [2.05, 4.69) is 25.7 Å². The van der Waals surface area contributed by atoms with Crippen molar-refractivity contribution in [3.63, 3.8) is 0 Å². The summed E-state index contributed by atoms with van der Waals surface area (Å²) >= 11 is 1.04. The number of thioether (sulfide) groups is 1. The largest absolute Gasteiger partial charge is 0.481 e. The monoisotopic (exact) mass is 359 g/mol. The van der Waals surface area contributed by atoms with Crippen LogP contribution in [0.15, 0.2) is 39.0 Å². The zero-order valence-electron chi connectivity index (χ0n) is 13.0. The summed E-state index contributed by atoms with van der Waals surface area (Å²) in [5, 5.41) is 22.5. The number of benzene rings is 1. The van der Waals surface area contributed by atoms with Crippen molar-refractivity contribution in [2.75, 3.05) is 0 Å². The topological polar surface area (TPSA) is 130 Å². The quantitative estimate of drug-likeness (QED) is 0.610. The highest BCUT2D eigenvalue weighted by Crippen LogP contribution is 2.23. The van der Waals surface area contributed by atoms with Gasteiger partial charge in [-0.1, -0.05) is 35.1 Å². The number of aliphatic carboxylic acids is 1. The first-order chi connectivity index (χ1) is 12.0. The minimum atomic E-state index is -1.04. The molecule has 1 aliphatic rings. The van der Waals surface area contributed by atoms with Gasteiger partial charge in [0.15, 0.2) is 11.0 Å². The fourth-order valence-electron chi connectivity index (χ4n) is 2.10. The van der Waals surface area contributed by atoms with Gasteiger partial charge in [-0.05, 0) is 13.0 Å². The predicted octanol–water partition coefficient (Wildman–Crippen LogP) is 1.44. The highest BCUT2D eigenvalue weighted by Gasteiger charge is 2.32. The molecule has 1 aliphatic heterocycles. The van der Waals surface area contributed by atoms with Crippen molar-refractivity contribution in [1.82, 2.24) is 15.5 Å². The van der Waals surface area contributed by atoms with Gasteiger partial charge in [0.05, 0.1) is 12.6 Å². The Labute approximate surface area is 146 Å². The molecule has 1 amide bonds. The average Bonchev–Trinajstić information content (AvgIpc) is 3.14. The van der Waals surface area contributed by atoms with Crippen LogP contribution < -0.4 is 5.32 Å². The first-order valence-electron chi connectivity index (χ1n) is 7.23. The molecule has 0 aliphatic carbocycles. The number of carbonyl (C=O) groups excluding carboxylic acids is 1. The van der Waals surface area contributed by atoms with Crippen molar-refractivity contribution in [3.05, 3.63) is 35.7 Å². The summed E-state index contributed by atoms with van der Waals surface area (Å²) in [6.07, 6.45) is 1.23. The number of carbonyl (C=O) groups is 2. The predicted molar refractivity (Wildman–Crippen MR) is 91.3 cm³/mol. The normalized spacial score (nSPS) is 18.8. The maximum Gasteiger partial charge on any atom is 0.305 e. The minimum absolute atomic E-state index is 0.263. The molecule has 1 aromatic heterocycles. The molecule has 0 bridgehead atoms. The van der Waals surface area contributed by atoms with E-state index >= 15 is 0 Å². The maximum atomic E-state index is 11.6. The molecule has 10 heteroatoms. The summed E-state index contributed by atoms with van der Waals surface area (Å²) in [4.78, 5) is 26.5. The van der Waals surface area contributed by atoms with Crippen LogP contribution in [-0.4, -0.2) is 43.8 Å². The molecule has 3 rings (SSSR count). The molecule has 2 heterocycles. The van der Waals surface area contributed by atoms with Gasteiger partial charge >= 0.3 is 5.97 Å². The first kappa shape index (κ1) is 16.8. The van der Waals surface area contributed by atoms with Crippen LogP contribution in [0.1, 0.15) is 17.8 Å². The molecule has 1 atom stereocenters. The average molecular weight is 359 g/mol. The molecule has 1 saturated heterocycles. The van der Waals surface area contributed by atoms with Crippen LogP contribution in [0, 0.1) is 6.92 Å². The second-order valence-corrected chi connectivity index (χ2v) is 6.27. The van der Waals surface area contributed by atoms with Crippen LogP contribution in [0.5, 0.6) is 0 Å². The van der Waals surface area contributed by atoms with Gasteiger partial charge in [0, 0.05) is 11.1 Å². The number of hydrogen-bond donors (Lipinski definition) is 2. The summed E-state index contributed by atoms with van der Waals surface area (Å²) in [5.41, 5.74) is 1.42. The van der Waals surface area contributed by atoms with Crippen LogP contribution in [0.2, 0.25) is 0 Å². The lowest BCUT2D eigenvalue weighted by atomic mass is 10.1. The molecule has 0 saturated carbocycles. The fraction of sp³-hybridized carbons (Fsp3) is 0.200. The first-order valence-corrected chi connectivity index (χ1v) is 8.11. The molecule has 1 fully saturated rings. The molecular weight excluding hydrogens is 346 g/mol. The molecule has 1 unspecified atom stereocenters. The molecule has 2 N–H and O–H groups in total. The zero-order chi connectivity index (χ0) is 17.8. The lowest BCUT2D eigenvalue weighted by molar-refractivity contribution is -0.138. The number of rotatable bonds is 5. The van der Waals surface area contributed by atoms with Crippen LogP contribution in [0.3, 0.4) is 0 Å². The van der Waals surface area contributed by atoms with E-state index in [4.69, 9.17) is 9.63 Å². The third kappa shape index (κ3) is 4.10. The van der Waals surface area contributed by atoms with E-state index in [0.717, 1.165) is 11.8 Å². The molecule has 0 spiro atoms. The van der Waals surface area contributed by atoms with Gasteiger partial charge in [0.25, 0.3) is 5.89 Å². The molecule has 9 nitrogen and oxygen atoms in total. The highest BCUT2D eigenvalue weighted by molar-refractivity contribution is 8.15. The Balaban J connectivity index is 1.75. The van der Waals surface area contributed by atoms with Crippen molar-refractivity contribution in [2.45, 2.75) is 18.6 Å². The van der Waals surface area contributed by atoms with E-state index < -0.39 is 11.2 Å². The van der Waals surface area contributed by atoms with Crippen molar-refractivity contribution in [1.29, 1.82) is 0 Å². The Morgan fingerprint density at radius 3 is 3.00 bits per heavy atom. The molecule has 1 aromatic carbocycles.